The third kappa shape index (κ3) is 4.55. The summed E-state index contributed by atoms with van der Waals surface area (Å²) in [5, 5.41) is 0.486. The van der Waals surface area contributed by atoms with Crippen LogP contribution in [0.1, 0.15) is 22.3 Å². The van der Waals surface area contributed by atoms with E-state index < -0.39 is 23.7 Å². The monoisotopic (exact) mass is 450 g/mol. The van der Waals surface area contributed by atoms with Gasteiger partial charge >= 0.3 is 0 Å². The first-order valence-electron chi connectivity index (χ1n) is 10.2. The first kappa shape index (κ1) is 21.7. The second kappa shape index (κ2) is 9.32. The van der Waals surface area contributed by atoms with Gasteiger partial charge in [-0.1, -0.05) is 41.9 Å². The molecule has 7 heteroatoms. The van der Waals surface area contributed by atoms with E-state index in [0.29, 0.717) is 17.1 Å². The molecule has 0 aromatic heterocycles. The van der Waals surface area contributed by atoms with Gasteiger partial charge in [-0.2, -0.15) is 0 Å². The van der Waals surface area contributed by atoms with Gasteiger partial charge in [-0.15, -0.1) is 0 Å². The van der Waals surface area contributed by atoms with Crippen molar-refractivity contribution in [3.05, 3.63) is 101 Å². The fourth-order valence-electron chi connectivity index (χ4n) is 3.77. The predicted molar refractivity (Wildman–Crippen MR) is 120 cm³/mol. The highest BCUT2D eigenvalue weighted by atomic mass is 35.5. The van der Waals surface area contributed by atoms with Gasteiger partial charge in [0.2, 0.25) is 5.91 Å². The van der Waals surface area contributed by atoms with Crippen LogP contribution in [0.4, 0.5) is 10.1 Å². The van der Waals surface area contributed by atoms with Gasteiger partial charge in [-0.25, -0.2) is 9.29 Å². The Labute approximate surface area is 190 Å². The minimum absolute atomic E-state index is 0.122. The zero-order valence-electron chi connectivity index (χ0n) is 17.1. The zero-order chi connectivity index (χ0) is 22.7. The van der Waals surface area contributed by atoms with E-state index in [9.17, 15) is 18.8 Å². The topological polar surface area (TPSA) is 57.7 Å². The summed E-state index contributed by atoms with van der Waals surface area (Å²) < 4.78 is 13.4. The zero-order valence-corrected chi connectivity index (χ0v) is 17.8. The van der Waals surface area contributed by atoms with Crippen molar-refractivity contribution < 1.29 is 18.8 Å². The highest BCUT2D eigenvalue weighted by Crippen LogP contribution is 2.28. The third-order valence-electron chi connectivity index (χ3n) is 5.42. The Morgan fingerprint density at radius 1 is 0.969 bits per heavy atom. The molecule has 0 radical (unpaired) electrons. The molecule has 3 amide bonds. The largest absolute Gasteiger partial charge is 0.326 e. The molecule has 0 bridgehead atoms. The summed E-state index contributed by atoms with van der Waals surface area (Å²) >= 11 is 5.92. The van der Waals surface area contributed by atoms with Crippen LogP contribution in [0.15, 0.2) is 78.9 Å². The summed E-state index contributed by atoms with van der Waals surface area (Å²) in [4.78, 5) is 41.8. The molecule has 0 aliphatic carbocycles. The second-order valence-electron chi connectivity index (χ2n) is 7.50. The fraction of sp³-hybridized carbons (Fsp3) is 0.160. The number of carbonyl (C=O) groups excluding carboxylic acids is 3. The lowest BCUT2D eigenvalue weighted by Crippen LogP contribution is -2.46. The van der Waals surface area contributed by atoms with Crippen LogP contribution in [0.5, 0.6) is 0 Å². The van der Waals surface area contributed by atoms with Gasteiger partial charge < -0.3 is 4.90 Å². The van der Waals surface area contributed by atoms with Crippen molar-refractivity contribution in [2.24, 2.45) is 0 Å². The third-order valence-corrected chi connectivity index (χ3v) is 5.67. The van der Waals surface area contributed by atoms with Crippen molar-refractivity contribution in [2.45, 2.75) is 18.9 Å². The lowest BCUT2D eigenvalue weighted by molar-refractivity contribution is -0.122. The molecule has 1 saturated heterocycles. The number of anilines is 1. The molecule has 0 saturated carbocycles. The molecule has 1 heterocycles. The van der Waals surface area contributed by atoms with Crippen molar-refractivity contribution >= 4 is 35.0 Å². The molecule has 0 N–H and O–H groups in total. The summed E-state index contributed by atoms with van der Waals surface area (Å²) in [7, 11) is 0. The van der Waals surface area contributed by atoms with Crippen molar-refractivity contribution in [1.82, 2.24) is 4.90 Å². The Balaban J connectivity index is 1.63. The van der Waals surface area contributed by atoms with Crippen LogP contribution in [-0.2, 0) is 16.0 Å². The van der Waals surface area contributed by atoms with Crippen LogP contribution < -0.4 is 4.90 Å². The fourth-order valence-corrected chi connectivity index (χ4v) is 3.90. The molecule has 32 heavy (non-hydrogen) atoms. The Hall–Kier alpha value is -3.51. The van der Waals surface area contributed by atoms with Crippen molar-refractivity contribution in [2.75, 3.05) is 11.4 Å². The van der Waals surface area contributed by atoms with E-state index in [0.717, 1.165) is 10.5 Å². The Kier molecular flexibility index (Phi) is 6.32. The molecule has 4 rings (SSSR count). The van der Waals surface area contributed by atoms with E-state index >= 15 is 0 Å². The van der Waals surface area contributed by atoms with Crippen LogP contribution in [0, 0.1) is 5.82 Å². The molecular formula is C25H20ClFN2O3. The minimum atomic E-state index is -0.945. The van der Waals surface area contributed by atoms with E-state index in [1.807, 2.05) is 30.3 Å². The van der Waals surface area contributed by atoms with Gasteiger partial charge in [0, 0.05) is 17.1 Å². The molecular weight excluding hydrogens is 431 g/mol. The van der Waals surface area contributed by atoms with Crippen LogP contribution in [0.3, 0.4) is 0 Å². The number of halogens is 2. The number of amides is 3. The molecule has 1 unspecified atom stereocenters. The first-order chi connectivity index (χ1) is 15.4. The molecule has 1 aliphatic heterocycles. The molecule has 1 atom stereocenters. The number of benzene rings is 3. The van der Waals surface area contributed by atoms with E-state index in [2.05, 4.69) is 0 Å². The highest BCUT2D eigenvalue weighted by Gasteiger charge is 2.44. The number of rotatable bonds is 6. The highest BCUT2D eigenvalue weighted by molar-refractivity contribution is 6.31. The molecule has 3 aromatic rings. The van der Waals surface area contributed by atoms with Gasteiger partial charge in [-0.3, -0.25) is 14.4 Å². The Morgan fingerprint density at radius 3 is 2.28 bits per heavy atom. The number of hydrogen-bond acceptors (Lipinski definition) is 3. The van der Waals surface area contributed by atoms with E-state index in [-0.39, 0.29) is 24.4 Å². The van der Waals surface area contributed by atoms with E-state index in [4.69, 9.17) is 11.6 Å². The minimum Gasteiger partial charge on any atom is -0.326 e. The lowest BCUT2D eigenvalue weighted by Gasteiger charge is -2.28. The Bertz CT molecular complexity index is 1130. The molecule has 0 spiro atoms. The van der Waals surface area contributed by atoms with Gasteiger partial charge in [0.1, 0.15) is 11.9 Å². The quantitative estimate of drug-likeness (QED) is 0.520. The average molecular weight is 451 g/mol. The van der Waals surface area contributed by atoms with Crippen molar-refractivity contribution in [3.8, 4) is 0 Å². The molecule has 162 valence electrons. The van der Waals surface area contributed by atoms with Gasteiger partial charge in [0.25, 0.3) is 11.8 Å². The standard InChI is InChI=1S/C25H20ClFN2O3/c26-19-8-12-21(13-9-19)29-23(30)16-22(25(29)32)28(15-14-17-4-2-1-3-5-17)24(31)18-6-10-20(27)11-7-18/h1-13,22H,14-16H2. The van der Waals surface area contributed by atoms with Crippen LogP contribution in [-0.4, -0.2) is 35.2 Å². The van der Waals surface area contributed by atoms with Gasteiger partial charge in [-0.05, 0) is 60.5 Å². The maximum atomic E-state index is 13.4. The van der Waals surface area contributed by atoms with Crippen molar-refractivity contribution in [1.29, 1.82) is 0 Å². The van der Waals surface area contributed by atoms with Gasteiger partial charge in [0.15, 0.2) is 0 Å². The summed E-state index contributed by atoms with van der Waals surface area (Å²) in [5.41, 5.74) is 1.66. The van der Waals surface area contributed by atoms with Crippen LogP contribution in [0.2, 0.25) is 5.02 Å². The molecule has 3 aromatic carbocycles. The lowest BCUT2D eigenvalue weighted by atomic mass is 10.1. The van der Waals surface area contributed by atoms with Crippen LogP contribution in [0.25, 0.3) is 0 Å². The van der Waals surface area contributed by atoms with E-state index in [1.54, 1.807) is 24.3 Å². The Morgan fingerprint density at radius 2 is 1.62 bits per heavy atom. The number of carbonyl (C=O) groups is 3. The van der Waals surface area contributed by atoms with Gasteiger partial charge in [0.05, 0.1) is 12.1 Å². The first-order valence-corrected chi connectivity index (χ1v) is 10.5. The summed E-state index contributed by atoms with van der Waals surface area (Å²) in [6.45, 7) is 0.234. The smallest absolute Gasteiger partial charge is 0.257 e. The number of nitrogens with zero attached hydrogens (tertiary/aromatic N) is 2. The SMILES string of the molecule is O=C1CC(N(CCc2ccccc2)C(=O)c2ccc(F)cc2)C(=O)N1c1ccc(Cl)cc1. The second-order valence-corrected chi connectivity index (χ2v) is 7.94. The average Bonchev–Trinajstić information content (AvgIpc) is 3.09. The summed E-state index contributed by atoms with van der Waals surface area (Å²) in [5.74, 6) is -1.75. The number of hydrogen-bond donors (Lipinski definition) is 0. The van der Waals surface area contributed by atoms with Crippen molar-refractivity contribution in [3.63, 3.8) is 0 Å². The summed E-state index contributed by atoms with van der Waals surface area (Å²) in [6, 6.07) is 20.2. The predicted octanol–water partition coefficient (Wildman–Crippen LogP) is 4.50. The molecule has 1 aliphatic rings. The summed E-state index contributed by atoms with van der Waals surface area (Å²) in [6.07, 6.45) is 0.385. The normalized spacial score (nSPS) is 15.8. The van der Waals surface area contributed by atoms with E-state index in [1.165, 1.54) is 29.2 Å². The molecule has 5 nitrogen and oxygen atoms in total. The molecule has 1 fully saturated rings. The van der Waals surface area contributed by atoms with Crippen LogP contribution >= 0.6 is 11.6 Å². The maximum Gasteiger partial charge on any atom is 0.257 e. The number of imide groups is 1. The maximum absolute atomic E-state index is 13.4.